The normalized spacial score (nSPS) is 14.7. The van der Waals surface area contributed by atoms with E-state index in [1.165, 1.54) is 5.56 Å². The number of hydrogen-bond donors (Lipinski definition) is 1. The third-order valence-corrected chi connectivity index (χ3v) is 6.26. The number of nitrogens with zero attached hydrogens (tertiary/aromatic N) is 3. The van der Waals surface area contributed by atoms with Gasteiger partial charge in [0.2, 0.25) is 17.6 Å². The molecule has 1 saturated heterocycles. The molecule has 0 bridgehead atoms. The lowest BCUT2D eigenvalue weighted by atomic mass is 9.96. The molecule has 2 aromatic carbocycles. The van der Waals surface area contributed by atoms with Gasteiger partial charge in [0.05, 0.1) is 20.8 Å². The number of rotatable bonds is 9. The molecule has 0 aliphatic carbocycles. The van der Waals surface area contributed by atoms with E-state index >= 15 is 0 Å². The Morgan fingerprint density at radius 2 is 1.82 bits per heavy atom. The van der Waals surface area contributed by atoms with Crippen molar-refractivity contribution >= 4 is 5.91 Å². The summed E-state index contributed by atoms with van der Waals surface area (Å²) in [7, 11) is 3.24. The lowest BCUT2D eigenvalue weighted by molar-refractivity contribution is -0.126. The molecule has 180 valence electrons. The van der Waals surface area contributed by atoms with Gasteiger partial charge in [-0.25, -0.2) is 0 Å². The number of aromatic nitrogens is 2. The van der Waals surface area contributed by atoms with Gasteiger partial charge in [-0.05, 0) is 57.0 Å². The zero-order valence-corrected chi connectivity index (χ0v) is 20.0. The average Bonchev–Trinajstić information content (AvgIpc) is 3.33. The van der Waals surface area contributed by atoms with Crippen LogP contribution in [0.4, 0.5) is 0 Å². The highest BCUT2D eigenvalue weighted by Gasteiger charge is 2.25. The minimum absolute atomic E-state index is 0.0347. The number of ether oxygens (including phenoxy) is 2. The van der Waals surface area contributed by atoms with Gasteiger partial charge < -0.3 is 19.3 Å². The summed E-state index contributed by atoms with van der Waals surface area (Å²) in [6, 6.07) is 13.9. The number of piperidine rings is 1. The Morgan fingerprint density at radius 3 is 2.53 bits per heavy atom. The molecule has 0 spiro atoms. The molecule has 1 aliphatic rings. The van der Waals surface area contributed by atoms with Crippen molar-refractivity contribution in [2.75, 3.05) is 33.9 Å². The number of amides is 1. The Labute approximate surface area is 200 Å². The molecule has 0 atom stereocenters. The quantitative estimate of drug-likeness (QED) is 0.517. The predicted octanol–water partition coefficient (Wildman–Crippen LogP) is 3.63. The number of aryl methyl sites for hydroxylation is 1. The first-order valence-corrected chi connectivity index (χ1v) is 11.7. The summed E-state index contributed by atoms with van der Waals surface area (Å²) in [6.45, 7) is 4.91. The van der Waals surface area contributed by atoms with E-state index in [0.29, 0.717) is 36.3 Å². The maximum Gasteiger partial charge on any atom is 0.241 e. The Bertz CT molecular complexity index is 1090. The monoisotopic (exact) mass is 464 g/mol. The van der Waals surface area contributed by atoms with Crippen LogP contribution in [0.1, 0.15) is 29.9 Å². The van der Waals surface area contributed by atoms with Crippen LogP contribution in [-0.4, -0.2) is 54.8 Å². The Balaban J connectivity index is 1.20. The van der Waals surface area contributed by atoms with Gasteiger partial charge in [-0.2, -0.15) is 4.98 Å². The molecule has 0 saturated carbocycles. The molecule has 1 aromatic heterocycles. The highest BCUT2D eigenvalue weighted by atomic mass is 16.5. The van der Waals surface area contributed by atoms with E-state index in [2.05, 4.69) is 20.4 Å². The van der Waals surface area contributed by atoms with E-state index in [9.17, 15) is 4.79 Å². The molecule has 1 aliphatic heterocycles. The van der Waals surface area contributed by atoms with Crippen molar-refractivity contribution in [3.63, 3.8) is 0 Å². The van der Waals surface area contributed by atoms with E-state index in [1.54, 1.807) is 14.2 Å². The van der Waals surface area contributed by atoms with Gasteiger partial charge in [0, 0.05) is 18.0 Å². The summed E-state index contributed by atoms with van der Waals surface area (Å²) in [6.07, 6.45) is 2.38. The van der Waals surface area contributed by atoms with Gasteiger partial charge in [0.1, 0.15) is 0 Å². The fourth-order valence-electron chi connectivity index (χ4n) is 4.19. The van der Waals surface area contributed by atoms with Gasteiger partial charge in [-0.15, -0.1) is 0 Å². The smallest absolute Gasteiger partial charge is 0.241 e. The van der Waals surface area contributed by atoms with Crippen molar-refractivity contribution in [2.24, 2.45) is 5.92 Å². The molecule has 8 heteroatoms. The number of hydrogen-bond acceptors (Lipinski definition) is 7. The third-order valence-electron chi connectivity index (χ3n) is 6.26. The Kier molecular flexibility index (Phi) is 7.80. The van der Waals surface area contributed by atoms with Gasteiger partial charge in [-0.1, -0.05) is 41.1 Å². The second kappa shape index (κ2) is 11.2. The molecule has 8 nitrogen and oxygen atoms in total. The Hall–Kier alpha value is -3.39. The second-order valence-electron chi connectivity index (χ2n) is 8.66. The largest absolute Gasteiger partial charge is 0.493 e. The number of likely N-dealkylation sites (tertiary alicyclic amines) is 1. The van der Waals surface area contributed by atoms with Crippen LogP contribution in [0.2, 0.25) is 0 Å². The van der Waals surface area contributed by atoms with E-state index in [0.717, 1.165) is 43.5 Å². The summed E-state index contributed by atoms with van der Waals surface area (Å²) < 4.78 is 16.1. The van der Waals surface area contributed by atoms with E-state index in [4.69, 9.17) is 14.0 Å². The van der Waals surface area contributed by atoms with Crippen LogP contribution in [0.3, 0.4) is 0 Å². The average molecular weight is 465 g/mol. The fourth-order valence-corrected chi connectivity index (χ4v) is 4.19. The van der Waals surface area contributed by atoms with Gasteiger partial charge in [-0.3, -0.25) is 9.69 Å². The van der Waals surface area contributed by atoms with Gasteiger partial charge in [0.25, 0.3) is 0 Å². The lowest BCUT2D eigenvalue weighted by Gasteiger charge is -2.30. The molecule has 1 amide bonds. The standard InChI is InChI=1S/C26H32N4O4/c1-18-4-7-20(8-5-18)25-28-24(34-29-25)17-30-14-11-21(12-15-30)26(31)27-13-10-19-6-9-22(32-2)23(16-19)33-3/h4-9,16,21H,10-15,17H2,1-3H3,(H,27,31). The molecule has 0 radical (unpaired) electrons. The van der Waals surface area contributed by atoms with Crippen molar-refractivity contribution in [1.82, 2.24) is 20.4 Å². The number of methoxy groups -OCH3 is 2. The first-order valence-electron chi connectivity index (χ1n) is 11.7. The van der Waals surface area contributed by atoms with E-state index in [1.807, 2.05) is 49.4 Å². The summed E-state index contributed by atoms with van der Waals surface area (Å²) in [4.78, 5) is 19.4. The Morgan fingerprint density at radius 1 is 1.09 bits per heavy atom. The molecule has 0 unspecified atom stereocenters. The zero-order valence-electron chi connectivity index (χ0n) is 20.0. The van der Waals surface area contributed by atoms with Gasteiger partial charge in [0.15, 0.2) is 11.5 Å². The van der Waals surface area contributed by atoms with E-state index < -0.39 is 0 Å². The second-order valence-corrected chi connectivity index (χ2v) is 8.66. The number of carbonyl (C=O) groups is 1. The fraction of sp³-hybridized carbons (Fsp3) is 0.423. The van der Waals surface area contributed by atoms with Crippen LogP contribution in [0.15, 0.2) is 47.0 Å². The summed E-state index contributed by atoms with van der Waals surface area (Å²) in [5.74, 6) is 2.78. The van der Waals surface area contributed by atoms with Gasteiger partial charge >= 0.3 is 0 Å². The number of nitrogens with one attached hydrogen (secondary N) is 1. The summed E-state index contributed by atoms with van der Waals surface area (Å²) in [5.41, 5.74) is 3.24. The lowest BCUT2D eigenvalue weighted by Crippen LogP contribution is -2.40. The van der Waals surface area contributed by atoms with Crippen molar-refractivity contribution in [3.05, 3.63) is 59.5 Å². The highest BCUT2D eigenvalue weighted by Crippen LogP contribution is 2.27. The maximum atomic E-state index is 12.6. The molecule has 34 heavy (non-hydrogen) atoms. The van der Waals surface area contributed by atoms with E-state index in [-0.39, 0.29) is 11.8 Å². The molecule has 4 rings (SSSR count). The SMILES string of the molecule is COc1ccc(CCNC(=O)C2CCN(Cc3nc(-c4ccc(C)cc4)no3)CC2)cc1OC. The molecule has 2 heterocycles. The first kappa shape index (κ1) is 23.8. The topological polar surface area (TPSA) is 89.7 Å². The maximum absolute atomic E-state index is 12.6. The molecule has 1 N–H and O–H groups in total. The van der Waals surface area contributed by atoms with Crippen LogP contribution in [-0.2, 0) is 17.8 Å². The number of carbonyl (C=O) groups excluding carboxylic acids is 1. The highest BCUT2D eigenvalue weighted by molar-refractivity contribution is 5.78. The molecule has 1 fully saturated rings. The molecule has 3 aromatic rings. The molecular formula is C26H32N4O4. The predicted molar refractivity (Wildman–Crippen MR) is 129 cm³/mol. The minimum Gasteiger partial charge on any atom is -0.493 e. The van der Waals surface area contributed by atoms with Crippen LogP contribution in [0, 0.1) is 12.8 Å². The van der Waals surface area contributed by atoms with Crippen molar-refractivity contribution < 1.29 is 18.8 Å². The number of benzene rings is 2. The minimum atomic E-state index is 0.0347. The van der Waals surface area contributed by atoms with Crippen molar-refractivity contribution in [1.29, 1.82) is 0 Å². The van der Waals surface area contributed by atoms with Crippen LogP contribution < -0.4 is 14.8 Å². The summed E-state index contributed by atoms with van der Waals surface area (Å²) >= 11 is 0. The van der Waals surface area contributed by atoms with Crippen LogP contribution in [0.5, 0.6) is 11.5 Å². The first-order chi connectivity index (χ1) is 16.6. The molecular weight excluding hydrogens is 432 g/mol. The van der Waals surface area contributed by atoms with Crippen LogP contribution >= 0.6 is 0 Å². The van der Waals surface area contributed by atoms with Crippen molar-refractivity contribution in [2.45, 2.75) is 32.7 Å². The zero-order chi connectivity index (χ0) is 23.9. The third kappa shape index (κ3) is 5.94. The summed E-state index contributed by atoms with van der Waals surface area (Å²) in [5, 5.41) is 7.20. The van der Waals surface area contributed by atoms with Crippen LogP contribution in [0.25, 0.3) is 11.4 Å². The van der Waals surface area contributed by atoms with Crippen molar-refractivity contribution in [3.8, 4) is 22.9 Å².